The van der Waals surface area contributed by atoms with Gasteiger partial charge in [-0.25, -0.2) is 15.0 Å². The van der Waals surface area contributed by atoms with Crippen LogP contribution in [0.2, 0.25) is 0 Å². The fourth-order valence-corrected chi connectivity index (χ4v) is 4.36. The van der Waals surface area contributed by atoms with Crippen LogP contribution < -0.4 is 20.3 Å². The van der Waals surface area contributed by atoms with E-state index in [1.54, 1.807) is 14.0 Å². The number of hydrogen-bond donors (Lipinski definition) is 2. The number of anilines is 3. The molecule has 0 radical (unpaired) electrons. The fraction of sp³-hybridized carbons (Fsp3) is 0.609. The molecule has 0 aromatic carbocycles. The number of carbonyl (C=O) groups is 1. The highest BCUT2D eigenvalue weighted by Crippen LogP contribution is 2.35. The lowest BCUT2D eigenvalue weighted by molar-refractivity contribution is -0.145. The Labute approximate surface area is 207 Å². The predicted octanol–water partition coefficient (Wildman–Crippen LogP) is 3.58. The van der Waals surface area contributed by atoms with Crippen molar-refractivity contribution < 1.29 is 27.4 Å². The molecule has 0 spiro atoms. The molecule has 1 aliphatic heterocycles. The molecule has 1 amide bonds. The minimum absolute atomic E-state index is 0.0187. The Morgan fingerprint density at radius 2 is 1.81 bits per heavy atom. The SMILES string of the molecule is Cc1nc(NC2CC(Oc3cnc(C(F)(F)F)nc3)C2)nc2c1NC(=O)[C@H]([C@H](C)OC(C)(C)C)N2C. The van der Waals surface area contributed by atoms with Crippen molar-refractivity contribution in [3.8, 4) is 5.75 Å². The van der Waals surface area contributed by atoms with Gasteiger partial charge in [-0.05, 0) is 34.6 Å². The summed E-state index contributed by atoms with van der Waals surface area (Å²) in [6.45, 7) is 9.47. The summed E-state index contributed by atoms with van der Waals surface area (Å²) >= 11 is 0. The Hall–Kier alpha value is -3.22. The van der Waals surface area contributed by atoms with Crippen LogP contribution in [-0.4, -0.2) is 62.8 Å². The van der Waals surface area contributed by atoms with E-state index in [-0.39, 0.29) is 29.9 Å². The van der Waals surface area contributed by atoms with Gasteiger partial charge in [0.15, 0.2) is 11.6 Å². The summed E-state index contributed by atoms with van der Waals surface area (Å²) in [7, 11) is 1.81. The van der Waals surface area contributed by atoms with Crippen LogP contribution >= 0.6 is 0 Å². The second kappa shape index (κ2) is 9.34. The average molecular weight is 510 g/mol. The molecule has 1 aliphatic carbocycles. The van der Waals surface area contributed by atoms with Gasteiger partial charge in [-0.15, -0.1) is 0 Å². The molecule has 1 saturated carbocycles. The summed E-state index contributed by atoms with van der Waals surface area (Å²) in [5.41, 5.74) is 0.772. The second-order valence-electron chi connectivity index (χ2n) is 10.1. The van der Waals surface area contributed by atoms with E-state index in [0.717, 1.165) is 12.4 Å². The number of nitrogens with one attached hydrogen (secondary N) is 2. The molecular weight excluding hydrogens is 479 g/mol. The van der Waals surface area contributed by atoms with Crippen LogP contribution in [-0.2, 0) is 15.7 Å². The van der Waals surface area contributed by atoms with Gasteiger partial charge in [0, 0.05) is 25.9 Å². The first-order valence-corrected chi connectivity index (χ1v) is 11.6. The highest BCUT2D eigenvalue weighted by Gasteiger charge is 2.40. The standard InChI is InChI=1S/C23H30F3N7O3/c1-11-16-18(33(6)17(19(34)31-16)12(2)36-22(3,4)5)32-21(29-11)30-13-7-14(8-13)35-15-9-27-20(28-10-15)23(24,25)26/h9-10,12-14,17H,7-8H2,1-6H3,(H,31,34)(H,29,30,32)/t12-,13?,14?,17-/m0/s1. The van der Waals surface area contributed by atoms with Crippen LogP contribution in [0.15, 0.2) is 12.4 Å². The molecule has 3 heterocycles. The first-order chi connectivity index (χ1) is 16.7. The van der Waals surface area contributed by atoms with Gasteiger partial charge in [-0.2, -0.15) is 18.2 Å². The summed E-state index contributed by atoms with van der Waals surface area (Å²) in [6.07, 6.45) is -1.91. The summed E-state index contributed by atoms with van der Waals surface area (Å²) < 4.78 is 49.5. The Morgan fingerprint density at radius 3 is 2.39 bits per heavy atom. The number of alkyl halides is 3. The number of hydrogen-bond acceptors (Lipinski definition) is 9. The van der Waals surface area contributed by atoms with Gasteiger partial charge in [0.1, 0.15) is 17.8 Å². The molecule has 0 bridgehead atoms. The van der Waals surface area contributed by atoms with Gasteiger partial charge >= 0.3 is 6.18 Å². The quantitative estimate of drug-likeness (QED) is 0.603. The number of ether oxygens (including phenoxy) is 2. The van der Waals surface area contributed by atoms with Crippen LogP contribution in [0.1, 0.15) is 52.1 Å². The zero-order chi connectivity index (χ0) is 26.4. The molecule has 196 valence electrons. The van der Waals surface area contributed by atoms with Crippen molar-refractivity contribution >= 4 is 23.4 Å². The Bertz CT molecular complexity index is 1120. The lowest BCUT2D eigenvalue weighted by Crippen LogP contribution is -2.54. The number of rotatable bonds is 6. The number of likely N-dealkylation sites (N-methyl/N-ethyl adjacent to an activating group) is 1. The summed E-state index contributed by atoms with van der Waals surface area (Å²) in [6, 6.07) is -0.545. The van der Waals surface area contributed by atoms with Crippen molar-refractivity contribution in [1.82, 2.24) is 19.9 Å². The number of aromatic nitrogens is 4. The average Bonchev–Trinajstić information content (AvgIpc) is 2.71. The van der Waals surface area contributed by atoms with Crippen LogP contribution in [0.3, 0.4) is 0 Å². The molecule has 1 fully saturated rings. The maximum absolute atomic E-state index is 12.8. The Kier molecular flexibility index (Phi) is 6.71. The van der Waals surface area contributed by atoms with E-state index >= 15 is 0 Å². The van der Waals surface area contributed by atoms with Crippen molar-refractivity contribution in [3.63, 3.8) is 0 Å². The van der Waals surface area contributed by atoms with Crippen molar-refractivity contribution in [3.05, 3.63) is 23.9 Å². The third-order valence-electron chi connectivity index (χ3n) is 5.94. The minimum Gasteiger partial charge on any atom is -0.487 e. The van der Waals surface area contributed by atoms with Crippen LogP contribution in [0.5, 0.6) is 5.75 Å². The lowest BCUT2D eigenvalue weighted by Gasteiger charge is -2.40. The first-order valence-electron chi connectivity index (χ1n) is 11.6. The minimum atomic E-state index is -4.59. The van der Waals surface area contributed by atoms with E-state index in [9.17, 15) is 18.0 Å². The Balaban J connectivity index is 1.39. The topological polar surface area (TPSA) is 114 Å². The summed E-state index contributed by atoms with van der Waals surface area (Å²) in [5.74, 6) is -0.194. The van der Waals surface area contributed by atoms with Crippen LogP contribution in [0.4, 0.5) is 30.6 Å². The highest BCUT2D eigenvalue weighted by molar-refractivity contribution is 6.03. The molecule has 2 aliphatic rings. The van der Waals surface area contributed by atoms with Crippen molar-refractivity contribution in [2.24, 2.45) is 0 Å². The van der Waals surface area contributed by atoms with Crippen LogP contribution in [0.25, 0.3) is 0 Å². The van der Waals surface area contributed by atoms with Crippen molar-refractivity contribution in [2.45, 2.75) is 83.5 Å². The maximum Gasteiger partial charge on any atom is 0.451 e. The predicted molar refractivity (Wildman–Crippen MR) is 126 cm³/mol. The summed E-state index contributed by atoms with van der Waals surface area (Å²) in [5, 5.41) is 6.19. The highest BCUT2D eigenvalue weighted by atomic mass is 19.4. The molecule has 10 nitrogen and oxygen atoms in total. The van der Waals surface area contributed by atoms with E-state index in [0.29, 0.717) is 36.0 Å². The Morgan fingerprint density at radius 1 is 1.17 bits per heavy atom. The number of halogens is 3. The zero-order valence-electron chi connectivity index (χ0n) is 21.0. The molecule has 0 unspecified atom stereocenters. The molecule has 2 atom stereocenters. The molecule has 36 heavy (non-hydrogen) atoms. The normalized spacial score (nSPS) is 22.9. The smallest absolute Gasteiger partial charge is 0.451 e. The summed E-state index contributed by atoms with van der Waals surface area (Å²) in [4.78, 5) is 30.4. The number of nitrogens with zero attached hydrogens (tertiary/aromatic N) is 5. The molecular formula is C23H30F3N7O3. The van der Waals surface area contributed by atoms with E-state index in [2.05, 4.69) is 30.6 Å². The first kappa shape index (κ1) is 25.9. The van der Waals surface area contributed by atoms with E-state index in [1.807, 2.05) is 32.6 Å². The van der Waals surface area contributed by atoms with Crippen molar-refractivity contribution in [1.29, 1.82) is 0 Å². The van der Waals surface area contributed by atoms with Gasteiger partial charge in [0.05, 0.1) is 29.8 Å². The maximum atomic E-state index is 12.8. The van der Waals surface area contributed by atoms with E-state index in [1.165, 1.54) is 0 Å². The third-order valence-corrected chi connectivity index (χ3v) is 5.94. The number of aryl methyl sites for hydroxylation is 1. The van der Waals surface area contributed by atoms with Gasteiger partial charge in [0.25, 0.3) is 0 Å². The lowest BCUT2D eigenvalue weighted by atomic mass is 9.89. The fourth-order valence-electron chi connectivity index (χ4n) is 4.36. The van der Waals surface area contributed by atoms with Crippen LogP contribution in [0, 0.1) is 6.92 Å². The number of fused-ring (bicyclic) bond motifs is 1. The largest absolute Gasteiger partial charge is 0.487 e. The molecule has 13 heteroatoms. The van der Waals surface area contributed by atoms with Gasteiger partial charge in [0.2, 0.25) is 17.7 Å². The third kappa shape index (κ3) is 5.61. The monoisotopic (exact) mass is 509 g/mol. The van der Waals surface area contributed by atoms with E-state index < -0.39 is 23.6 Å². The molecule has 2 N–H and O–H groups in total. The molecule has 4 rings (SSSR count). The van der Waals surface area contributed by atoms with Gasteiger partial charge in [-0.3, -0.25) is 4.79 Å². The molecule has 2 aromatic heterocycles. The molecule has 0 saturated heterocycles. The number of carbonyl (C=O) groups excluding carboxylic acids is 1. The molecule has 2 aromatic rings. The zero-order valence-corrected chi connectivity index (χ0v) is 21.0. The van der Waals surface area contributed by atoms with Crippen molar-refractivity contribution in [2.75, 3.05) is 22.6 Å². The number of amides is 1. The van der Waals surface area contributed by atoms with E-state index in [4.69, 9.17) is 9.47 Å². The van der Waals surface area contributed by atoms with Gasteiger partial charge in [-0.1, -0.05) is 0 Å². The second-order valence-corrected chi connectivity index (χ2v) is 10.1. The van der Waals surface area contributed by atoms with Gasteiger partial charge < -0.3 is 25.0 Å².